The van der Waals surface area contributed by atoms with Crippen molar-refractivity contribution in [2.45, 2.75) is 38.5 Å². The normalized spacial score (nSPS) is 15.1. The van der Waals surface area contributed by atoms with E-state index in [1.54, 1.807) is 0 Å². The Kier molecular flexibility index (Phi) is 6.30. The fourth-order valence-corrected chi connectivity index (χ4v) is 3.83. The predicted molar refractivity (Wildman–Crippen MR) is 102 cm³/mol. The molecule has 1 aromatic heterocycles. The third kappa shape index (κ3) is 4.84. The molecule has 0 aliphatic carbocycles. The average molecular weight is 343 g/mol. The lowest BCUT2D eigenvalue weighted by molar-refractivity contribution is 0.0957. The fourth-order valence-electron chi connectivity index (χ4n) is 3.19. The van der Waals surface area contributed by atoms with Crippen LogP contribution in [0.2, 0.25) is 0 Å². The zero-order chi connectivity index (χ0) is 16.6. The lowest BCUT2D eigenvalue weighted by Gasteiger charge is -2.22. The zero-order valence-corrected chi connectivity index (χ0v) is 15.0. The Hall–Kier alpha value is -1.81. The molecule has 1 aromatic carbocycles. The zero-order valence-electron chi connectivity index (χ0n) is 14.2. The lowest BCUT2D eigenvalue weighted by atomic mass is 10.1. The topological polar surface area (TPSA) is 32.3 Å². The molecular formula is C20H26N2OS. The van der Waals surface area contributed by atoms with Gasteiger partial charge in [0.1, 0.15) is 0 Å². The number of aryl methyl sites for hydroxylation is 1. The van der Waals surface area contributed by atoms with Crippen LogP contribution in [0.5, 0.6) is 0 Å². The molecule has 0 atom stereocenters. The third-order valence-corrected chi connectivity index (χ3v) is 5.45. The van der Waals surface area contributed by atoms with Gasteiger partial charge in [0.25, 0.3) is 5.91 Å². The van der Waals surface area contributed by atoms with Gasteiger partial charge >= 0.3 is 0 Å². The highest BCUT2D eigenvalue weighted by molar-refractivity contribution is 7.12. The first kappa shape index (κ1) is 17.0. The second-order valence-corrected chi connectivity index (χ2v) is 7.35. The van der Waals surface area contributed by atoms with Crippen LogP contribution in [-0.4, -0.2) is 25.5 Å². The molecule has 3 rings (SSSR count). The number of nitrogens with zero attached hydrogens (tertiary/aromatic N) is 1. The van der Waals surface area contributed by atoms with Crippen molar-refractivity contribution in [1.29, 1.82) is 0 Å². The molecule has 4 heteroatoms. The average Bonchev–Trinajstić information content (AvgIpc) is 3.02. The van der Waals surface area contributed by atoms with Gasteiger partial charge in [0, 0.05) is 25.3 Å². The molecule has 24 heavy (non-hydrogen) atoms. The van der Waals surface area contributed by atoms with Gasteiger partial charge in [-0.3, -0.25) is 4.79 Å². The van der Waals surface area contributed by atoms with E-state index in [0.29, 0.717) is 0 Å². The van der Waals surface area contributed by atoms with Gasteiger partial charge in [-0.25, -0.2) is 0 Å². The summed E-state index contributed by atoms with van der Waals surface area (Å²) in [4.78, 5) is 15.2. The van der Waals surface area contributed by atoms with Crippen LogP contribution in [-0.2, 0) is 6.42 Å². The van der Waals surface area contributed by atoms with Crippen molar-refractivity contribution in [2.24, 2.45) is 0 Å². The summed E-state index contributed by atoms with van der Waals surface area (Å²) in [5.74, 6) is 0.0431. The molecule has 1 aliphatic heterocycles. The van der Waals surface area contributed by atoms with E-state index >= 15 is 0 Å². The Bertz CT molecular complexity index is 614. The molecule has 0 radical (unpaired) electrons. The number of hydrogen-bond acceptors (Lipinski definition) is 3. The molecule has 0 unspecified atom stereocenters. The van der Waals surface area contributed by atoms with E-state index in [4.69, 9.17) is 0 Å². The van der Waals surface area contributed by atoms with Gasteiger partial charge in [-0.2, -0.15) is 0 Å². The molecule has 128 valence electrons. The van der Waals surface area contributed by atoms with E-state index in [9.17, 15) is 4.79 Å². The number of hydrogen-bond donors (Lipinski definition) is 1. The van der Waals surface area contributed by atoms with E-state index in [1.165, 1.54) is 61.4 Å². The van der Waals surface area contributed by atoms with Crippen LogP contribution in [0.1, 0.15) is 47.3 Å². The van der Waals surface area contributed by atoms with Crippen LogP contribution in [0, 0.1) is 0 Å². The Morgan fingerprint density at radius 2 is 1.79 bits per heavy atom. The van der Waals surface area contributed by atoms with Crippen LogP contribution in [0.4, 0.5) is 5.69 Å². The smallest absolute Gasteiger partial charge is 0.261 e. The molecular weight excluding hydrogens is 316 g/mol. The summed E-state index contributed by atoms with van der Waals surface area (Å²) in [6.07, 6.45) is 7.33. The number of rotatable bonds is 6. The third-order valence-electron chi connectivity index (χ3n) is 4.58. The van der Waals surface area contributed by atoms with Crippen molar-refractivity contribution >= 4 is 22.9 Å². The molecule has 0 spiro atoms. The van der Waals surface area contributed by atoms with Crippen molar-refractivity contribution < 1.29 is 4.79 Å². The van der Waals surface area contributed by atoms with Crippen molar-refractivity contribution in [3.63, 3.8) is 0 Å². The van der Waals surface area contributed by atoms with Gasteiger partial charge in [-0.15, -0.1) is 11.3 Å². The second kappa shape index (κ2) is 8.88. The summed E-state index contributed by atoms with van der Waals surface area (Å²) >= 11 is 1.49. The first-order valence-electron chi connectivity index (χ1n) is 8.98. The first-order valence-corrected chi connectivity index (χ1v) is 9.86. The minimum Gasteiger partial charge on any atom is -0.372 e. The van der Waals surface area contributed by atoms with Crippen molar-refractivity contribution in [1.82, 2.24) is 5.32 Å². The first-order chi connectivity index (χ1) is 11.8. The second-order valence-electron chi connectivity index (χ2n) is 6.40. The molecule has 1 fully saturated rings. The van der Waals surface area contributed by atoms with E-state index in [2.05, 4.69) is 34.5 Å². The van der Waals surface area contributed by atoms with Gasteiger partial charge in [0.15, 0.2) is 0 Å². The highest BCUT2D eigenvalue weighted by Crippen LogP contribution is 2.20. The van der Waals surface area contributed by atoms with Crippen LogP contribution in [0.25, 0.3) is 0 Å². The maximum atomic E-state index is 11.9. The number of amides is 1. The maximum absolute atomic E-state index is 11.9. The molecule has 0 saturated carbocycles. The number of benzene rings is 1. The van der Waals surface area contributed by atoms with Gasteiger partial charge < -0.3 is 10.2 Å². The number of carbonyl (C=O) groups is 1. The standard InChI is InChI=1S/C20H26N2OS/c23-20(19-8-6-16-24-19)21-13-5-7-17-9-11-18(12-10-17)22-14-3-1-2-4-15-22/h6,8-12,16H,1-5,7,13-15H2,(H,21,23). The van der Waals surface area contributed by atoms with Crippen LogP contribution in [0.3, 0.4) is 0 Å². The number of anilines is 1. The van der Waals surface area contributed by atoms with Gasteiger partial charge in [0.05, 0.1) is 4.88 Å². The van der Waals surface area contributed by atoms with E-state index in [-0.39, 0.29) is 5.91 Å². The predicted octanol–water partition coefficient (Wildman–Crippen LogP) is 4.49. The molecule has 3 nitrogen and oxygen atoms in total. The van der Waals surface area contributed by atoms with E-state index in [0.717, 1.165) is 24.3 Å². The summed E-state index contributed by atoms with van der Waals surface area (Å²) in [6, 6.07) is 12.8. The molecule has 1 N–H and O–H groups in total. The van der Waals surface area contributed by atoms with Crippen molar-refractivity contribution in [2.75, 3.05) is 24.5 Å². The van der Waals surface area contributed by atoms with Crippen LogP contribution < -0.4 is 10.2 Å². The van der Waals surface area contributed by atoms with E-state index < -0.39 is 0 Å². The summed E-state index contributed by atoms with van der Waals surface area (Å²) in [6.45, 7) is 3.10. The summed E-state index contributed by atoms with van der Waals surface area (Å²) in [5, 5.41) is 4.92. The Morgan fingerprint density at radius 3 is 2.46 bits per heavy atom. The number of carbonyl (C=O) groups excluding carboxylic acids is 1. The van der Waals surface area contributed by atoms with Gasteiger partial charge in [0.2, 0.25) is 0 Å². The molecule has 0 bridgehead atoms. The van der Waals surface area contributed by atoms with Crippen LogP contribution >= 0.6 is 11.3 Å². The Morgan fingerprint density at radius 1 is 1.04 bits per heavy atom. The molecule has 1 saturated heterocycles. The minimum atomic E-state index is 0.0431. The quantitative estimate of drug-likeness (QED) is 0.785. The highest BCUT2D eigenvalue weighted by Gasteiger charge is 2.09. The fraction of sp³-hybridized carbons (Fsp3) is 0.450. The summed E-state index contributed by atoms with van der Waals surface area (Å²) in [5.41, 5.74) is 2.70. The largest absolute Gasteiger partial charge is 0.372 e. The minimum absolute atomic E-state index is 0.0431. The number of nitrogens with one attached hydrogen (secondary N) is 1. The molecule has 2 heterocycles. The molecule has 1 amide bonds. The Balaban J connectivity index is 1.42. The Labute approximate surface area is 148 Å². The summed E-state index contributed by atoms with van der Waals surface area (Å²) < 4.78 is 0. The van der Waals surface area contributed by atoms with Crippen LogP contribution in [0.15, 0.2) is 41.8 Å². The monoisotopic (exact) mass is 342 g/mol. The molecule has 1 aliphatic rings. The van der Waals surface area contributed by atoms with E-state index in [1.807, 2.05) is 17.5 Å². The molecule has 2 aromatic rings. The SMILES string of the molecule is O=C(NCCCc1ccc(N2CCCCCC2)cc1)c1cccs1. The van der Waals surface area contributed by atoms with Crippen molar-refractivity contribution in [3.8, 4) is 0 Å². The lowest BCUT2D eigenvalue weighted by Crippen LogP contribution is -2.24. The summed E-state index contributed by atoms with van der Waals surface area (Å²) in [7, 11) is 0. The number of thiophene rings is 1. The van der Waals surface area contributed by atoms with Gasteiger partial charge in [-0.1, -0.05) is 31.0 Å². The van der Waals surface area contributed by atoms with Gasteiger partial charge in [-0.05, 0) is 54.8 Å². The van der Waals surface area contributed by atoms with Crippen molar-refractivity contribution in [3.05, 3.63) is 52.2 Å². The maximum Gasteiger partial charge on any atom is 0.261 e. The highest BCUT2D eigenvalue weighted by atomic mass is 32.1.